The Morgan fingerprint density at radius 1 is 1.30 bits per heavy atom. The Balaban J connectivity index is 1.65. The number of piperidine rings is 1. The number of likely N-dealkylation sites (N-methyl/N-ethyl adjacent to an activating group) is 1. The molecule has 0 aliphatic carbocycles. The summed E-state index contributed by atoms with van der Waals surface area (Å²) < 4.78 is 5.39. The average Bonchev–Trinajstić information content (AvgIpc) is 2.62. The number of nitrogens with zero attached hydrogens (tertiary/aromatic N) is 2. The van der Waals surface area contributed by atoms with E-state index in [1.807, 2.05) is 24.1 Å². The molecule has 1 atom stereocenters. The maximum atomic E-state index is 12.8. The molecule has 0 bridgehead atoms. The van der Waals surface area contributed by atoms with Crippen LogP contribution in [-0.2, 0) is 11.3 Å². The molecule has 2 aliphatic rings. The van der Waals surface area contributed by atoms with Gasteiger partial charge in [-0.1, -0.05) is 12.1 Å². The normalized spacial score (nSPS) is 23.0. The van der Waals surface area contributed by atoms with Crippen molar-refractivity contribution >= 4 is 5.91 Å². The molecular formula is C18H27N3O2. The molecule has 2 fully saturated rings. The molecule has 1 N–H and O–H groups in total. The van der Waals surface area contributed by atoms with Gasteiger partial charge < -0.3 is 15.0 Å². The molecule has 0 saturated carbocycles. The van der Waals surface area contributed by atoms with E-state index in [1.54, 1.807) is 0 Å². The van der Waals surface area contributed by atoms with Crippen LogP contribution in [0.5, 0.6) is 0 Å². The number of morpholine rings is 1. The van der Waals surface area contributed by atoms with E-state index in [-0.39, 0.29) is 5.91 Å². The zero-order valence-corrected chi connectivity index (χ0v) is 14.0. The summed E-state index contributed by atoms with van der Waals surface area (Å²) in [5.41, 5.74) is 2.02. The summed E-state index contributed by atoms with van der Waals surface area (Å²) in [7, 11) is 1.97. The third kappa shape index (κ3) is 4.31. The minimum atomic E-state index is 0.161. The van der Waals surface area contributed by atoms with Crippen LogP contribution in [-0.4, -0.2) is 68.2 Å². The number of ether oxygens (including phenoxy) is 1. The van der Waals surface area contributed by atoms with Crippen molar-refractivity contribution in [3.63, 3.8) is 0 Å². The summed E-state index contributed by atoms with van der Waals surface area (Å²) in [5.74, 6) is 0.161. The topological polar surface area (TPSA) is 44.8 Å². The largest absolute Gasteiger partial charge is 0.379 e. The molecule has 2 heterocycles. The predicted octanol–water partition coefficient (Wildman–Crippen LogP) is 1.34. The highest BCUT2D eigenvalue weighted by molar-refractivity contribution is 5.94. The lowest BCUT2D eigenvalue weighted by molar-refractivity contribution is 0.0341. The quantitative estimate of drug-likeness (QED) is 0.910. The van der Waals surface area contributed by atoms with Gasteiger partial charge in [-0.2, -0.15) is 0 Å². The maximum Gasteiger partial charge on any atom is 0.253 e. The molecule has 5 heteroatoms. The highest BCUT2D eigenvalue weighted by Crippen LogP contribution is 2.16. The maximum absolute atomic E-state index is 12.8. The van der Waals surface area contributed by atoms with Crippen molar-refractivity contribution in [1.29, 1.82) is 0 Å². The van der Waals surface area contributed by atoms with Gasteiger partial charge >= 0.3 is 0 Å². The van der Waals surface area contributed by atoms with E-state index in [0.29, 0.717) is 6.04 Å². The van der Waals surface area contributed by atoms with E-state index >= 15 is 0 Å². The first-order valence-corrected chi connectivity index (χ1v) is 8.62. The van der Waals surface area contributed by atoms with Crippen molar-refractivity contribution in [1.82, 2.24) is 15.1 Å². The highest BCUT2D eigenvalue weighted by atomic mass is 16.5. The second-order valence-electron chi connectivity index (χ2n) is 6.47. The minimum absolute atomic E-state index is 0.161. The molecule has 0 spiro atoms. The fraction of sp³-hybridized carbons (Fsp3) is 0.611. The molecule has 2 saturated heterocycles. The zero-order chi connectivity index (χ0) is 16.1. The third-order valence-corrected chi connectivity index (χ3v) is 4.80. The number of nitrogens with one attached hydrogen (secondary N) is 1. The third-order valence-electron chi connectivity index (χ3n) is 4.80. The first kappa shape index (κ1) is 16.4. The molecule has 1 aromatic carbocycles. The Labute approximate surface area is 138 Å². The van der Waals surface area contributed by atoms with Gasteiger partial charge in [0.05, 0.1) is 13.2 Å². The van der Waals surface area contributed by atoms with Gasteiger partial charge in [0.15, 0.2) is 0 Å². The SMILES string of the molecule is CN[C@@H]1CCCN(C(=O)c2cccc(CN3CCOCC3)c2)C1. The van der Waals surface area contributed by atoms with E-state index in [4.69, 9.17) is 4.74 Å². The van der Waals surface area contributed by atoms with Crippen LogP contribution in [0.15, 0.2) is 24.3 Å². The number of hydrogen-bond donors (Lipinski definition) is 1. The number of rotatable bonds is 4. The number of benzene rings is 1. The van der Waals surface area contributed by atoms with Gasteiger partial charge in [0.2, 0.25) is 0 Å². The molecule has 3 rings (SSSR count). The summed E-state index contributed by atoms with van der Waals surface area (Å²) in [6, 6.07) is 8.53. The Kier molecular flexibility index (Phi) is 5.65. The predicted molar refractivity (Wildman–Crippen MR) is 90.5 cm³/mol. The lowest BCUT2D eigenvalue weighted by atomic mass is 10.0. The molecule has 2 aliphatic heterocycles. The number of amides is 1. The molecule has 1 aromatic rings. The minimum Gasteiger partial charge on any atom is -0.379 e. The molecular weight excluding hydrogens is 290 g/mol. The van der Waals surface area contributed by atoms with Gasteiger partial charge in [-0.25, -0.2) is 0 Å². The lowest BCUT2D eigenvalue weighted by Crippen LogP contribution is -2.47. The first-order valence-electron chi connectivity index (χ1n) is 8.62. The van der Waals surface area contributed by atoms with Crippen LogP contribution in [0.2, 0.25) is 0 Å². The van der Waals surface area contributed by atoms with Crippen molar-refractivity contribution in [2.75, 3.05) is 46.4 Å². The highest BCUT2D eigenvalue weighted by Gasteiger charge is 2.23. The Hall–Kier alpha value is -1.43. The van der Waals surface area contributed by atoms with Crippen LogP contribution in [0, 0.1) is 0 Å². The number of carbonyl (C=O) groups excluding carboxylic acids is 1. The summed E-state index contributed by atoms with van der Waals surface area (Å²) in [4.78, 5) is 17.1. The number of hydrogen-bond acceptors (Lipinski definition) is 4. The molecule has 0 unspecified atom stereocenters. The molecule has 23 heavy (non-hydrogen) atoms. The van der Waals surface area contributed by atoms with Crippen LogP contribution in [0.25, 0.3) is 0 Å². The van der Waals surface area contributed by atoms with Gasteiger partial charge in [-0.15, -0.1) is 0 Å². The summed E-state index contributed by atoms with van der Waals surface area (Å²) in [6.45, 7) is 6.11. The first-order chi connectivity index (χ1) is 11.3. The molecule has 126 valence electrons. The van der Waals surface area contributed by atoms with E-state index in [0.717, 1.165) is 64.3 Å². The molecule has 5 nitrogen and oxygen atoms in total. The van der Waals surface area contributed by atoms with E-state index in [1.165, 1.54) is 5.56 Å². The van der Waals surface area contributed by atoms with Gasteiger partial charge in [0.25, 0.3) is 5.91 Å². The second kappa shape index (κ2) is 7.90. The molecule has 0 radical (unpaired) electrons. The van der Waals surface area contributed by atoms with Crippen molar-refractivity contribution in [2.24, 2.45) is 0 Å². The van der Waals surface area contributed by atoms with E-state index in [2.05, 4.69) is 22.3 Å². The molecule has 1 amide bonds. The van der Waals surface area contributed by atoms with Crippen LogP contribution in [0.1, 0.15) is 28.8 Å². The molecule has 0 aromatic heterocycles. The van der Waals surface area contributed by atoms with Crippen LogP contribution in [0.3, 0.4) is 0 Å². The summed E-state index contributed by atoms with van der Waals surface area (Å²) >= 11 is 0. The van der Waals surface area contributed by atoms with Crippen LogP contribution < -0.4 is 5.32 Å². The second-order valence-corrected chi connectivity index (χ2v) is 6.47. The van der Waals surface area contributed by atoms with Crippen LogP contribution in [0.4, 0.5) is 0 Å². The van der Waals surface area contributed by atoms with Gasteiger partial charge in [0, 0.05) is 44.3 Å². The zero-order valence-electron chi connectivity index (χ0n) is 14.0. The Bertz CT molecular complexity index is 529. The number of likely N-dealkylation sites (tertiary alicyclic amines) is 1. The Morgan fingerprint density at radius 3 is 2.91 bits per heavy atom. The monoisotopic (exact) mass is 317 g/mol. The van der Waals surface area contributed by atoms with Crippen molar-refractivity contribution in [3.05, 3.63) is 35.4 Å². The van der Waals surface area contributed by atoms with E-state index < -0.39 is 0 Å². The fourth-order valence-electron chi connectivity index (χ4n) is 3.40. The van der Waals surface area contributed by atoms with Crippen molar-refractivity contribution in [2.45, 2.75) is 25.4 Å². The van der Waals surface area contributed by atoms with Crippen molar-refractivity contribution in [3.8, 4) is 0 Å². The van der Waals surface area contributed by atoms with E-state index in [9.17, 15) is 4.79 Å². The van der Waals surface area contributed by atoms with Crippen LogP contribution >= 0.6 is 0 Å². The number of carbonyl (C=O) groups is 1. The standard InChI is InChI=1S/C18H27N3O2/c1-19-17-6-3-7-21(14-17)18(22)16-5-2-4-15(12-16)13-20-8-10-23-11-9-20/h2,4-5,12,17,19H,3,6-11,13-14H2,1H3/t17-/m1/s1. The lowest BCUT2D eigenvalue weighted by Gasteiger charge is -2.32. The summed E-state index contributed by atoms with van der Waals surface area (Å²) in [6.07, 6.45) is 2.22. The van der Waals surface area contributed by atoms with Crippen molar-refractivity contribution < 1.29 is 9.53 Å². The Morgan fingerprint density at radius 2 is 2.13 bits per heavy atom. The average molecular weight is 317 g/mol. The van der Waals surface area contributed by atoms with Gasteiger partial charge in [-0.3, -0.25) is 9.69 Å². The fourth-order valence-corrected chi connectivity index (χ4v) is 3.40. The van der Waals surface area contributed by atoms with Gasteiger partial charge in [0.1, 0.15) is 0 Å². The summed E-state index contributed by atoms with van der Waals surface area (Å²) in [5, 5.41) is 3.29. The smallest absolute Gasteiger partial charge is 0.253 e. The van der Waals surface area contributed by atoms with Gasteiger partial charge in [-0.05, 0) is 37.6 Å².